The molecule has 1 amide bonds. The van der Waals surface area contributed by atoms with Gasteiger partial charge in [-0.3, -0.25) is 9.48 Å². The zero-order chi connectivity index (χ0) is 11.5. The summed E-state index contributed by atoms with van der Waals surface area (Å²) in [6.45, 7) is 0.247. The SMILES string of the molecule is Cn1cnc(CNC(=O)c2nnc(Cl)s2)n1. The molecule has 2 heterocycles. The van der Waals surface area contributed by atoms with E-state index in [9.17, 15) is 4.79 Å². The van der Waals surface area contributed by atoms with Crippen LogP contribution in [-0.2, 0) is 13.6 Å². The Kier molecular flexibility index (Phi) is 3.11. The highest BCUT2D eigenvalue weighted by Gasteiger charge is 2.12. The Bertz CT molecular complexity index is 508. The normalized spacial score (nSPS) is 10.4. The van der Waals surface area contributed by atoms with E-state index in [1.54, 1.807) is 18.1 Å². The predicted molar refractivity (Wildman–Crippen MR) is 57.1 cm³/mol. The van der Waals surface area contributed by atoms with Gasteiger partial charge in [0.15, 0.2) is 5.82 Å². The molecule has 7 nitrogen and oxygen atoms in total. The Hall–Kier alpha value is -1.54. The Morgan fingerprint density at radius 3 is 3.00 bits per heavy atom. The first-order valence-electron chi connectivity index (χ1n) is 4.27. The minimum absolute atomic E-state index is 0.223. The Morgan fingerprint density at radius 2 is 2.44 bits per heavy atom. The second kappa shape index (κ2) is 4.54. The number of amides is 1. The molecular weight excluding hydrogens is 252 g/mol. The van der Waals surface area contributed by atoms with Gasteiger partial charge in [-0.2, -0.15) is 5.10 Å². The van der Waals surface area contributed by atoms with Crippen LogP contribution in [0.25, 0.3) is 0 Å². The van der Waals surface area contributed by atoms with Crippen LogP contribution in [0.4, 0.5) is 0 Å². The molecule has 2 aromatic rings. The molecule has 1 N–H and O–H groups in total. The lowest BCUT2D eigenvalue weighted by Crippen LogP contribution is -2.23. The van der Waals surface area contributed by atoms with Crippen LogP contribution in [0.15, 0.2) is 6.33 Å². The molecule has 0 atom stereocenters. The topological polar surface area (TPSA) is 85.6 Å². The average molecular weight is 259 g/mol. The fourth-order valence-electron chi connectivity index (χ4n) is 0.997. The number of hydrogen-bond acceptors (Lipinski definition) is 6. The van der Waals surface area contributed by atoms with Gasteiger partial charge in [0.1, 0.15) is 6.33 Å². The number of halogens is 1. The number of nitrogens with one attached hydrogen (secondary N) is 1. The molecule has 0 saturated carbocycles. The van der Waals surface area contributed by atoms with E-state index >= 15 is 0 Å². The molecule has 0 aliphatic heterocycles. The van der Waals surface area contributed by atoms with Gasteiger partial charge in [-0.05, 0) is 11.6 Å². The van der Waals surface area contributed by atoms with Crippen molar-refractivity contribution in [3.8, 4) is 0 Å². The average Bonchev–Trinajstić information content (AvgIpc) is 2.84. The summed E-state index contributed by atoms with van der Waals surface area (Å²) in [4.78, 5) is 15.5. The van der Waals surface area contributed by atoms with Crippen LogP contribution in [0.5, 0.6) is 0 Å². The maximum Gasteiger partial charge on any atom is 0.282 e. The Labute approximate surface area is 99.5 Å². The highest BCUT2D eigenvalue weighted by Crippen LogP contribution is 2.14. The van der Waals surface area contributed by atoms with E-state index in [0.717, 1.165) is 11.3 Å². The lowest BCUT2D eigenvalue weighted by molar-refractivity contribution is 0.0948. The van der Waals surface area contributed by atoms with Gasteiger partial charge in [0, 0.05) is 7.05 Å². The number of nitrogens with zero attached hydrogens (tertiary/aromatic N) is 5. The molecule has 2 rings (SSSR count). The van der Waals surface area contributed by atoms with Crippen LogP contribution in [0.3, 0.4) is 0 Å². The number of rotatable bonds is 3. The van der Waals surface area contributed by atoms with Crippen LogP contribution in [0.2, 0.25) is 4.47 Å². The van der Waals surface area contributed by atoms with Crippen molar-refractivity contribution in [3.05, 3.63) is 21.6 Å². The fraction of sp³-hybridized carbons (Fsp3) is 0.286. The van der Waals surface area contributed by atoms with Crippen LogP contribution in [-0.4, -0.2) is 30.9 Å². The van der Waals surface area contributed by atoms with Crippen molar-refractivity contribution in [1.82, 2.24) is 30.3 Å². The van der Waals surface area contributed by atoms with Crippen LogP contribution in [0, 0.1) is 0 Å². The summed E-state index contributed by atoms with van der Waals surface area (Å²) in [5.41, 5.74) is 0. The van der Waals surface area contributed by atoms with Crippen molar-refractivity contribution in [2.75, 3.05) is 0 Å². The highest BCUT2D eigenvalue weighted by atomic mass is 35.5. The van der Waals surface area contributed by atoms with Crippen LogP contribution >= 0.6 is 22.9 Å². The van der Waals surface area contributed by atoms with E-state index in [1.807, 2.05) is 0 Å². The summed E-state index contributed by atoms with van der Waals surface area (Å²) in [7, 11) is 1.75. The van der Waals surface area contributed by atoms with E-state index < -0.39 is 0 Å². The van der Waals surface area contributed by atoms with Gasteiger partial charge >= 0.3 is 0 Å². The molecule has 0 aliphatic carbocycles. The number of carbonyl (C=O) groups is 1. The molecule has 0 unspecified atom stereocenters. The Morgan fingerprint density at radius 1 is 1.62 bits per heavy atom. The standard InChI is InChI=1S/C7H7ClN6OS/c1-14-3-10-4(13-14)2-9-5(15)6-11-12-7(8)16-6/h3H,2H2,1H3,(H,9,15). The summed E-state index contributed by atoms with van der Waals surface area (Å²) in [6, 6.07) is 0. The van der Waals surface area contributed by atoms with Gasteiger partial charge in [-0.15, -0.1) is 10.2 Å². The summed E-state index contributed by atoms with van der Waals surface area (Å²) < 4.78 is 1.80. The van der Waals surface area contributed by atoms with Crippen molar-refractivity contribution >= 4 is 28.8 Å². The molecule has 0 bridgehead atoms. The molecule has 0 spiro atoms. The summed E-state index contributed by atoms with van der Waals surface area (Å²) in [5.74, 6) is 0.198. The molecular formula is C7H7ClN6OS. The smallest absolute Gasteiger partial charge is 0.282 e. The van der Waals surface area contributed by atoms with E-state index in [2.05, 4.69) is 25.6 Å². The third kappa shape index (κ3) is 2.52. The monoisotopic (exact) mass is 258 g/mol. The van der Waals surface area contributed by atoms with Crippen molar-refractivity contribution in [3.63, 3.8) is 0 Å². The lowest BCUT2D eigenvalue weighted by Gasteiger charge is -1.97. The van der Waals surface area contributed by atoms with Gasteiger partial charge in [0.2, 0.25) is 9.47 Å². The van der Waals surface area contributed by atoms with Gasteiger partial charge in [0.05, 0.1) is 6.54 Å². The summed E-state index contributed by atoms with van der Waals surface area (Å²) in [5, 5.41) is 14.0. The van der Waals surface area contributed by atoms with Crippen LogP contribution < -0.4 is 5.32 Å². The zero-order valence-corrected chi connectivity index (χ0v) is 9.79. The quantitative estimate of drug-likeness (QED) is 0.853. The number of aromatic nitrogens is 5. The first-order chi connectivity index (χ1) is 7.65. The first kappa shape index (κ1) is 11.0. The van der Waals surface area contributed by atoms with Crippen LogP contribution in [0.1, 0.15) is 15.6 Å². The van der Waals surface area contributed by atoms with E-state index in [0.29, 0.717) is 5.82 Å². The van der Waals surface area contributed by atoms with Crippen molar-refractivity contribution < 1.29 is 4.79 Å². The predicted octanol–water partition coefficient (Wildman–Crippen LogP) is 0.250. The maximum atomic E-state index is 11.5. The molecule has 0 saturated heterocycles. The minimum Gasteiger partial charge on any atom is -0.343 e. The zero-order valence-electron chi connectivity index (χ0n) is 8.21. The van der Waals surface area contributed by atoms with Crippen molar-refractivity contribution in [1.29, 1.82) is 0 Å². The largest absolute Gasteiger partial charge is 0.343 e. The molecule has 0 radical (unpaired) electrons. The molecule has 0 aromatic carbocycles. The second-order valence-corrected chi connectivity index (χ2v) is 4.44. The lowest BCUT2D eigenvalue weighted by atomic mass is 10.5. The molecule has 84 valence electrons. The summed E-state index contributed by atoms with van der Waals surface area (Å²) >= 11 is 6.58. The van der Waals surface area contributed by atoms with E-state index in [1.165, 1.54) is 0 Å². The summed E-state index contributed by atoms with van der Waals surface area (Å²) in [6.07, 6.45) is 1.56. The molecule has 2 aromatic heterocycles. The van der Waals surface area contributed by atoms with Crippen molar-refractivity contribution in [2.45, 2.75) is 6.54 Å². The van der Waals surface area contributed by atoms with E-state index in [-0.39, 0.29) is 21.9 Å². The molecule has 9 heteroatoms. The second-order valence-electron chi connectivity index (χ2n) is 2.88. The number of carbonyl (C=O) groups excluding carboxylic acids is 1. The van der Waals surface area contributed by atoms with Crippen molar-refractivity contribution in [2.24, 2.45) is 7.05 Å². The van der Waals surface area contributed by atoms with Gasteiger partial charge in [0.25, 0.3) is 5.91 Å². The Balaban J connectivity index is 1.93. The highest BCUT2D eigenvalue weighted by molar-refractivity contribution is 7.17. The van der Waals surface area contributed by atoms with E-state index in [4.69, 9.17) is 11.6 Å². The minimum atomic E-state index is -0.336. The van der Waals surface area contributed by atoms with Gasteiger partial charge in [-0.25, -0.2) is 4.98 Å². The van der Waals surface area contributed by atoms with Gasteiger partial charge in [-0.1, -0.05) is 11.3 Å². The third-order valence-corrected chi connectivity index (χ3v) is 2.67. The van der Waals surface area contributed by atoms with Gasteiger partial charge < -0.3 is 5.32 Å². The first-order valence-corrected chi connectivity index (χ1v) is 5.46. The maximum absolute atomic E-state index is 11.5. The number of aryl methyl sites for hydroxylation is 1. The molecule has 0 fully saturated rings. The third-order valence-electron chi connectivity index (χ3n) is 1.65. The molecule has 16 heavy (non-hydrogen) atoms. The molecule has 0 aliphatic rings. The number of hydrogen-bond donors (Lipinski definition) is 1. The fourth-order valence-corrected chi connectivity index (χ4v) is 1.74.